The number of nitrogens with one attached hydrogen (secondary N) is 2. The van der Waals surface area contributed by atoms with Gasteiger partial charge in [0.1, 0.15) is 17.6 Å². The molecule has 0 bridgehead atoms. The summed E-state index contributed by atoms with van der Waals surface area (Å²) in [7, 11) is 0. The van der Waals surface area contributed by atoms with Crippen molar-refractivity contribution in [1.29, 1.82) is 0 Å². The zero-order valence-corrected chi connectivity index (χ0v) is 23.6. The van der Waals surface area contributed by atoms with Crippen molar-refractivity contribution < 1.29 is 36.3 Å². The molecule has 1 atom stereocenters. The van der Waals surface area contributed by atoms with Crippen molar-refractivity contribution in [3.05, 3.63) is 83.2 Å². The smallest absolute Gasteiger partial charge is 0.406 e. The van der Waals surface area contributed by atoms with Crippen LogP contribution in [-0.2, 0) is 31.8 Å². The van der Waals surface area contributed by atoms with Gasteiger partial charge in [-0.25, -0.2) is 13.5 Å². The van der Waals surface area contributed by atoms with Crippen molar-refractivity contribution in [3.63, 3.8) is 0 Å². The highest BCUT2D eigenvalue weighted by Gasteiger charge is 2.31. The van der Waals surface area contributed by atoms with Crippen LogP contribution in [0.15, 0.2) is 55.0 Å². The Kier molecular flexibility index (Phi) is 9.85. The minimum atomic E-state index is -4.84. The van der Waals surface area contributed by atoms with Crippen LogP contribution in [0.4, 0.5) is 22.0 Å². The van der Waals surface area contributed by atoms with E-state index in [1.807, 2.05) is 0 Å². The number of aryl methyl sites for hydroxylation is 1. The third kappa shape index (κ3) is 9.53. The number of ether oxygens (including phenoxy) is 1. The lowest BCUT2D eigenvalue weighted by Crippen LogP contribution is -2.24. The third-order valence-electron chi connectivity index (χ3n) is 6.13. The number of nitrogens with zero attached hydrogens (tertiary/aromatic N) is 7. The maximum absolute atomic E-state index is 14.6. The quantitative estimate of drug-likeness (QED) is 0.216. The SMILES string of the molecule is CC(C)(F)c1ccc(CNC(=O)c2cn(CCC(F)Cn3cc(C(=O)NCc4cccc(OC(F)(F)F)c4)nn3)nn2)nc1. The Morgan fingerprint density at radius 3 is 2.23 bits per heavy atom. The van der Waals surface area contributed by atoms with Crippen molar-refractivity contribution in [1.82, 2.24) is 45.6 Å². The van der Waals surface area contributed by atoms with Gasteiger partial charge in [-0.15, -0.1) is 23.4 Å². The van der Waals surface area contributed by atoms with E-state index in [2.05, 4.69) is 41.0 Å². The Hall–Kier alpha value is -4.96. The number of hydrogen-bond acceptors (Lipinski definition) is 8. The van der Waals surface area contributed by atoms with Crippen LogP contribution in [-0.4, -0.2) is 59.3 Å². The number of halogens is 5. The van der Waals surface area contributed by atoms with Gasteiger partial charge in [0.05, 0.1) is 31.2 Å². The molecule has 0 aliphatic carbocycles. The number of hydrogen-bond donors (Lipinski definition) is 2. The first-order valence-electron chi connectivity index (χ1n) is 13.2. The number of aromatic nitrogens is 7. The maximum atomic E-state index is 14.6. The predicted molar refractivity (Wildman–Crippen MR) is 143 cm³/mol. The minimum Gasteiger partial charge on any atom is -0.406 e. The Morgan fingerprint density at radius 1 is 0.932 bits per heavy atom. The van der Waals surface area contributed by atoms with E-state index in [0.29, 0.717) is 16.8 Å². The van der Waals surface area contributed by atoms with E-state index in [4.69, 9.17) is 0 Å². The number of alkyl halides is 5. The highest BCUT2D eigenvalue weighted by Crippen LogP contribution is 2.24. The molecule has 4 rings (SSSR count). The highest BCUT2D eigenvalue weighted by molar-refractivity contribution is 5.92. The van der Waals surface area contributed by atoms with Crippen LogP contribution >= 0.6 is 0 Å². The molecule has 3 heterocycles. The van der Waals surface area contributed by atoms with Gasteiger partial charge in [-0.2, -0.15) is 0 Å². The number of carbonyl (C=O) groups is 2. The molecule has 2 N–H and O–H groups in total. The zero-order chi connectivity index (χ0) is 31.9. The second-order valence-electron chi connectivity index (χ2n) is 10.1. The van der Waals surface area contributed by atoms with Gasteiger partial charge in [-0.05, 0) is 37.6 Å². The van der Waals surface area contributed by atoms with E-state index in [-0.39, 0.29) is 44.0 Å². The highest BCUT2D eigenvalue weighted by atomic mass is 19.4. The summed E-state index contributed by atoms with van der Waals surface area (Å²) in [5, 5.41) is 20.2. The van der Waals surface area contributed by atoms with Gasteiger partial charge in [0.25, 0.3) is 11.8 Å². The van der Waals surface area contributed by atoms with Gasteiger partial charge < -0.3 is 15.4 Å². The van der Waals surface area contributed by atoms with Gasteiger partial charge in [-0.3, -0.25) is 19.3 Å². The molecule has 0 fully saturated rings. The first kappa shape index (κ1) is 32.0. The largest absolute Gasteiger partial charge is 0.573 e. The van der Waals surface area contributed by atoms with E-state index in [1.165, 1.54) is 49.3 Å². The first-order valence-corrected chi connectivity index (χ1v) is 13.2. The van der Waals surface area contributed by atoms with Crippen LogP contribution in [0.5, 0.6) is 5.75 Å². The van der Waals surface area contributed by atoms with Crippen LogP contribution in [0.3, 0.4) is 0 Å². The Morgan fingerprint density at radius 2 is 1.59 bits per heavy atom. The summed E-state index contributed by atoms with van der Waals surface area (Å²) in [4.78, 5) is 28.9. The Bertz CT molecular complexity index is 1570. The van der Waals surface area contributed by atoms with E-state index in [9.17, 15) is 31.5 Å². The number of rotatable bonds is 13. The molecule has 0 radical (unpaired) electrons. The fraction of sp³-hybridized carbons (Fsp3) is 0.370. The predicted octanol–water partition coefficient (Wildman–Crippen LogP) is 3.66. The van der Waals surface area contributed by atoms with Crippen molar-refractivity contribution in [3.8, 4) is 5.75 Å². The van der Waals surface area contributed by atoms with Gasteiger partial charge in [0.2, 0.25) is 0 Å². The number of carbonyl (C=O) groups excluding carboxylic acids is 2. The standard InChI is InChI=1S/C27H28F5N9O3/c1-26(2,29)18-6-7-20(33-12-18)13-35-25(43)22-15-40(38-36-22)9-8-19(28)14-41-16-23(37-39-41)24(42)34-11-17-4-3-5-21(10-17)44-27(30,31)32/h3-7,10,12,15-16,19H,8-9,11,13-14H2,1-2H3,(H,34,42)(H,35,43). The number of amides is 2. The van der Waals surface area contributed by atoms with Crippen LogP contribution in [0.1, 0.15) is 58.1 Å². The van der Waals surface area contributed by atoms with Crippen LogP contribution in [0, 0.1) is 0 Å². The fourth-order valence-electron chi connectivity index (χ4n) is 3.84. The van der Waals surface area contributed by atoms with Crippen LogP contribution < -0.4 is 15.4 Å². The summed E-state index contributed by atoms with van der Waals surface area (Å²) in [6.45, 7) is 2.71. The van der Waals surface area contributed by atoms with Gasteiger partial charge in [0, 0.05) is 31.3 Å². The fourth-order valence-corrected chi connectivity index (χ4v) is 3.84. The molecule has 234 valence electrons. The van der Waals surface area contributed by atoms with E-state index in [1.54, 1.807) is 12.1 Å². The molecule has 3 aromatic heterocycles. The normalized spacial score (nSPS) is 12.5. The molecule has 0 aliphatic heterocycles. The average Bonchev–Trinajstić information content (AvgIpc) is 3.63. The first-order chi connectivity index (χ1) is 20.7. The summed E-state index contributed by atoms with van der Waals surface area (Å²) >= 11 is 0. The average molecular weight is 622 g/mol. The number of benzene rings is 1. The molecule has 44 heavy (non-hydrogen) atoms. The van der Waals surface area contributed by atoms with Gasteiger partial charge in [0.15, 0.2) is 11.4 Å². The molecule has 0 saturated carbocycles. The van der Waals surface area contributed by atoms with E-state index < -0.39 is 35.8 Å². The molecule has 2 amide bonds. The van der Waals surface area contributed by atoms with Crippen LogP contribution in [0.25, 0.3) is 0 Å². The molecule has 1 unspecified atom stereocenters. The summed E-state index contributed by atoms with van der Waals surface area (Å²) < 4.78 is 72.1. The van der Waals surface area contributed by atoms with Crippen molar-refractivity contribution in [2.24, 2.45) is 0 Å². The molecule has 17 heteroatoms. The lowest BCUT2D eigenvalue weighted by molar-refractivity contribution is -0.274. The second kappa shape index (κ2) is 13.6. The summed E-state index contributed by atoms with van der Waals surface area (Å²) in [6, 6.07) is 8.33. The lowest BCUT2D eigenvalue weighted by atomic mass is 10.0. The van der Waals surface area contributed by atoms with Crippen molar-refractivity contribution >= 4 is 11.8 Å². The summed E-state index contributed by atoms with van der Waals surface area (Å²) in [6.07, 6.45) is -2.24. The van der Waals surface area contributed by atoms with Gasteiger partial charge in [-0.1, -0.05) is 28.6 Å². The molecule has 0 spiro atoms. The van der Waals surface area contributed by atoms with Crippen molar-refractivity contribution in [2.45, 2.75) is 64.7 Å². The molecule has 4 aromatic rings. The molecular formula is C27H28F5N9O3. The minimum absolute atomic E-state index is 0.0106. The summed E-state index contributed by atoms with van der Waals surface area (Å²) in [5.74, 6) is -1.59. The Balaban J connectivity index is 1.19. The topological polar surface area (TPSA) is 142 Å². The van der Waals surface area contributed by atoms with Gasteiger partial charge >= 0.3 is 6.36 Å². The van der Waals surface area contributed by atoms with Crippen molar-refractivity contribution in [2.75, 3.05) is 0 Å². The zero-order valence-electron chi connectivity index (χ0n) is 23.6. The summed E-state index contributed by atoms with van der Waals surface area (Å²) in [5.41, 5.74) is -0.316. The lowest BCUT2D eigenvalue weighted by Gasteiger charge is -2.14. The number of pyridine rings is 1. The molecule has 0 aliphatic rings. The van der Waals surface area contributed by atoms with E-state index in [0.717, 1.165) is 16.8 Å². The molecule has 1 aromatic carbocycles. The third-order valence-corrected chi connectivity index (χ3v) is 6.13. The molecule has 0 saturated heterocycles. The second-order valence-corrected chi connectivity index (χ2v) is 10.1. The molecule has 12 nitrogen and oxygen atoms in total. The molecular weight excluding hydrogens is 593 g/mol. The maximum Gasteiger partial charge on any atom is 0.573 e. The van der Waals surface area contributed by atoms with Crippen LogP contribution in [0.2, 0.25) is 0 Å². The monoisotopic (exact) mass is 621 g/mol. The van der Waals surface area contributed by atoms with E-state index >= 15 is 0 Å². The Labute approximate surface area is 247 Å².